The van der Waals surface area contributed by atoms with Crippen molar-refractivity contribution in [3.63, 3.8) is 0 Å². The summed E-state index contributed by atoms with van der Waals surface area (Å²) in [5.41, 5.74) is 0. The molecule has 160 valence electrons. The highest BCUT2D eigenvalue weighted by molar-refractivity contribution is 14.0. The van der Waals surface area contributed by atoms with Gasteiger partial charge >= 0.3 is 0 Å². The maximum absolute atomic E-state index is 5.74. The molecule has 0 aromatic heterocycles. The van der Waals surface area contributed by atoms with E-state index in [1.165, 1.54) is 0 Å². The number of morpholine rings is 1. The molecule has 28 heavy (non-hydrogen) atoms. The Balaban J connectivity index is 0.00000392. The maximum atomic E-state index is 5.74. The summed E-state index contributed by atoms with van der Waals surface area (Å²) in [6.45, 7) is 10.2. The Labute approximate surface area is 186 Å². The van der Waals surface area contributed by atoms with Crippen molar-refractivity contribution in [1.82, 2.24) is 15.5 Å². The van der Waals surface area contributed by atoms with E-state index in [-0.39, 0.29) is 24.0 Å². The molecule has 0 amide bonds. The Morgan fingerprint density at radius 3 is 2.36 bits per heavy atom. The van der Waals surface area contributed by atoms with Gasteiger partial charge in [-0.15, -0.1) is 24.0 Å². The van der Waals surface area contributed by atoms with Gasteiger partial charge in [0.2, 0.25) is 0 Å². The molecule has 8 heteroatoms. The van der Waals surface area contributed by atoms with Crippen LogP contribution in [0.2, 0.25) is 0 Å². The van der Waals surface area contributed by atoms with Crippen LogP contribution >= 0.6 is 24.0 Å². The molecule has 1 aliphatic rings. The number of methoxy groups -OCH3 is 1. The Bertz CT molecular complexity index is 563. The molecule has 0 spiro atoms. The maximum Gasteiger partial charge on any atom is 0.191 e. The summed E-state index contributed by atoms with van der Waals surface area (Å²) in [5.74, 6) is 3.01. The molecule has 2 N–H and O–H groups in total. The second-order valence-corrected chi connectivity index (χ2v) is 6.86. The first-order chi connectivity index (χ1) is 13.1. The number of guanidine groups is 1. The van der Waals surface area contributed by atoms with Crippen molar-refractivity contribution >= 4 is 29.9 Å². The molecule has 1 unspecified atom stereocenters. The van der Waals surface area contributed by atoms with Gasteiger partial charge in [-0.05, 0) is 30.2 Å². The van der Waals surface area contributed by atoms with E-state index < -0.39 is 0 Å². The van der Waals surface area contributed by atoms with Gasteiger partial charge in [-0.2, -0.15) is 0 Å². The predicted octanol–water partition coefficient (Wildman–Crippen LogP) is 2.21. The summed E-state index contributed by atoms with van der Waals surface area (Å²) in [5, 5.41) is 6.75. The normalized spacial score (nSPS) is 16.2. The molecule has 1 aliphatic heterocycles. The lowest BCUT2D eigenvalue weighted by atomic mass is 10.0. The molecule has 0 radical (unpaired) electrons. The van der Waals surface area contributed by atoms with E-state index in [1.807, 2.05) is 24.3 Å². The van der Waals surface area contributed by atoms with Crippen LogP contribution in [-0.4, -0.2) is 77.1 Å². The summed E-state index contributed by atoms with van der Waals surface area (Å²) in [4.78, 5) is 6.81. The van der Waals surface area contributed by atoms with E-state index in [1.54, 1.807) is 14.2 Å². The Hall–Kier alpha value is -1.26. The number of aliphatic imine (C=N–C) groups is 1. The lowest BCUT2D eigenvalue weighted by Crippen LogP contribution is -2.52. The first-order valence-electron chi connectivity index (χ1n) is 9.67. The highest BCUT2D eigenvalue weighted by Gasteiger charge is 2.23. The molecule has 1 aromatic carbocycles. The third kappa shape index (κ3) is 8.40. The van der Waals surface area contributed by atoms with E-state index in [2.05, 4.69) is 34.4 Å². The van der Waals surface area contributed by atoms with E-state index in [0.29, 0.717) is 25.1 Å². The first-order valence-corrected chi connectivity index (χ1v) is 9.67. The number of halogens is 1. The average molecular weight is 506 g/mol. The Morgan fingerprint density at radius 1 is 1.14 bits per heavy atom. The minimum absolute atomic E-state index is 0. The van der Waals surface area contributed by atoms with Crippen molar-refractivity contribution in [2.75, 3.05) is 60.2 Å². The summed E-state index contributed by atoms with van der Waals surface area (Å²) in [6, 6.07) is 8.05. The van der Waals surface area contributed by atoms with E-state index in [4.69, 9.17) is 14.2 Å². The van der Waals surface area contributed by atoms with Gasteiger partial charge in [0.05, 0.1) is 26.9 Å². The van der Waals surface area contributed by atoms with E-state index >= 15 is 0 Å². The van der Waals surface area contributed by atoms with Crippen LogP contribution in [0.4, 0.5) is 0 Å². The smallest absolute Gasteiger partial charge is 0.191 e. The summed E-state index contributed by atoms with van der Waals surface area (Å²) < 4.78 is 16.4. The number of hydrogen-bond donors (Lipinski definition) is 2. The molecule has 1 aromatic rings. The quantitative estimate of drug-likeness (QED) is 0.232. The van der Waals surface area contributed by atoms with Gasteiger partial charge < -0.3 is 24.8 Å². The van der Waals surface area contributed by atoms with Crippen molar-refractivity contribution in [1.29, 1.82) is 0 Å². The number of benzene rings is 1. The third-order valence-electron chi connectivity index (χ3n) is 4.71. The number of nitrogens with zero attached hydrogens (tertiary/aromatic N) is 2. The molecule has 1 fully saturated rings. The molecular formula is C20H35IN4O3. The van der Waals surface area contributed by atoms with Crippen LogP contribution in [0.1, 0.15) is 13.8 Å². The molecule has 1 atom stereocenters. The Morgan fingerprint density at radius 2 is 1.79 bits per heavy atom. The molecule has 1 heterocycles. The molecule has 0 bridgehead atoms. The van der Waals surface area contributed by atoms with Crippen LogP contribution in [0, 0.1) is 5.92 Å². The van der Waals surface area contributed by atoms with Gasteiger partial charge in [0.25, 0.3) is 0 Å². The minimum Gasteiger partial charge on any atom is -0.497 e. The molecule has 7 nitrogen and oxygen atoms in total. The number of ether oxygens (including phenoxy) is 3. The summed E-state index contributed by atoms with van der Waals surface area (Å²) in [6.07, 6.45) is 0. The van der Waals surface area contributed by atoms with Gasteiger partial charge in [-0.25, -0.2) is 0 Å². The second-order valence-electron chi connectivity index (χ2n) is 6.86. The SMILES string of the molecule is CN=C(NCCOc1ccc(OC)cc1)NCC(C(C)C)N1CCOCC1.I. The molecular weight excluding hydrogens is 471 g/mol. The van der Waals surface area contributed by atoms with Gasteiger partial charge in [0.15, 0.2) is 5.96 Å². The molecule has 0 saturated carbocycles. The van der Waals surface area contributed by atoms with E-state index in [9.17, 15) is 0 Å². The fourth-order valence-corrected chi connectivity index (χ4v) is 3.13. The van der Waals surface area contributed by atoms with Crippen LogP contribution in [0.3, 0.4) is 0 Å². The zero-order chi connectivity index (χ0) is 19.5. The lowest BCUT2D eigenvalue weighted by molar-refractivity contribution is 0.00752. The first kappa shape index (κ1) is 24.8. The van der Waals surface area contributed by atoms with Gasteiger partial charge in [0, 0.05) is 32.7 Å². The topological polar surface area (TPSA) is 67.4 Å². The van der Waals surface area contributed by atoms with Crippen LogP contribution in [0.5, 0.6) is 11.5 Å². The van der Waals surface area contributed by atoms with Crippen LogP contribution < -0.4 is 20.1 Å². The van der Waals surface area contributed by atoms with Crippen molar-refractivity contribution in [2.45, 2.75) is 19.9 Å². The van der Waals surface area contributed by atoms with Gasteiger partial charge in [-0.1, -0.05) is 13.8 Å². The monoisotopic (exact) mass is 506 g/mol. The number of hydrogen-bond acceptors (Lipinski definition) is 5. The zero-order valence-electron chi connectivity index (χ0n) is 17.4. The van der Waals surface area contributed by atoms with Crippen LogP contribution in [0.15, 0.2) is 29.3 Å². The highest BCUT2D eigenvalue weighted by atomic mass is 127. The highest BCUT2D eigenvalue weighted by Crippen LogP contribution is 2.16. The van der Waals surface area contributed by atoms with Gasteiger partial charge in [0.1, 0.15) is 18.1 Å². The third-order valence-corrected chi connectivity index (χ3v) is 4.71. The van der Waals surface area contributed by atoms with Crippen molar-refractivity contribution in [3.8, 4) is 11.5 Å². The van der Waals surface area contributed by atoms with Gasteiger partial charge in [-0.3, -0.25) is 9.89 Å². The largest absolute Gasteiger partial charge is 0.497 e. The lowest BCUT2D eigenvalue weighted by Gasteiger charge is -2.37. The molecule has 0 aliphatic carbocycles. The van der Waals surface area contributed by atoms with Crippen LogP contribution in [0.25, 0.3) is 0 Å². The minimum atomic E-state index is 0. The predicted molar refractivity (Wildman–Crippen MR) is 124 cm³/mol. The average Bonchev–Trinajstić information content (AvgIpc) is 2.70. The Kier molecular flexibility index (Phi) is 12.2. The van der Waals surface area contributed by atoms with Crippen molar-refractivity contribution < 1.29 is 14.2 Å². The molecule has 2 rings (SSSR count). The van der Waals surface area contributed by atoms with E-state index in [0.717, 1.165) is 50.3 Å². The second kappa shape index (κ2) is 13.8. The number of nitrogens with one attached hydrogen (secondary N) is 2. The van der Waals surface area contributed by atoms with Crippen molar-refractivity contribution in [3.05, 3.63) is 24.3 Å². The number of rotatable bonds is 9. The summed E-state index contributed by atoms with van der Waals surface area (Å²) in [7, 11) is 3.44. The standard InChI is InChI=1S/C20H34N4O3.HI/c1-16(2)19(24-10-13-26-14-11-24)15-23-20(21-3)22-9-12-27-18-7-5-17(25-4)6-8-18;/h5-8,16,19H,9-15H2,1-4H3,(H2,21,22,23);1H. The fourth-order valence-electron chi connectivity index (χ4n) is 3.13. The fraction of sp³-hybridized carbons (Fsp3) is 0.650. The zero-order valence-corrected chi connectivity index (χ0v) is 19.8. The summed E-state index contributed by atoms with van der Waals surface area (Å²) >= 11 is 0. The van der Waals surface area contributed by atoms with Crippen molar-refractivity contribution in [2.24, 2.45) is 10.9 Å². The molecule has 1 saturated heterocycles. The van der Waals surface area contributed by atoms with Crippen LogP contribution in [-0.2, 0) is 4.74 Å².